The molecule has 4 rings (SSSR count). The first-order valence-electron chi connectivity index (χ1n) is 8.90. The van der Waals surface area contributed by atoms with Crippen molar-refractivity contribution in [1.82, 2.24) is 19.6 Å². The summed E-state index contributed by atoms with van der Waals surface area (Å²) in [7, 11) is -3.74. The highest BCUT2D eigenvalue weighted by Gasteiger charge is 2.22. The molecule has 1 unspecified atom stereocenters. The van der Waals surface area contributed by atoms with Crippen LogP contribution >= 0.6 is 0 Å². The van der Waals surface area contributed by atoms with E-state index in [0.29, 0.717) is 17.3 Å². The maximum atomic E-state index is 11.4. The maximum absolute atomic E-state index is 11.4. The average Bonchev–Trinajstić information content (AvgIpc) is 3.17. The lowest BCUT2D eigenvalue weighted by Gasteiger charge is -2.32. The predicted molar refractivity (Wildman–Crippen MR) is 104 cm³/mol. The molecule has 3 heterocycles. The third-order valence-corrected chi connectivity index (χ3v) is 5.72. The Balaban J connectivity index is 1.66. The number of rotatable bonds is 5. The van der Waals surface area contributed by atoms with E-state index in [1.807, 2.05) is 6.07 Å². The molecule has 0 amide bonds. The SMILES string of the molecule is NS(=O)(=O)c1ccc(Nc2cc(N3CCCC(CO)C3)nc3ncnn23)cc1. The van der Waals surface area contributed by atoms with Gasteiger partial charge in [0.25, 0.3) is 5.78 Å². The summed E-state index contributed by atoms with van der Waals surface area (Å²) in [5.74, 6) is 2.08. The molecule has 10 nitrogen and oxygen atoms in total. The Bertz CT molecular complexity index is 1080. The van der Waals surface area contributed by atoms with Crippen LogP contribution in [0.5, 0.6) is 0 Å². The highest BCUT2D eigenvalue weighted by molar-refractivity contribution is 7.89. The molecule has 2 aromatic heterocycles. The minimum atomic E-state index is -3.74. The van der Waals surface area contributed by atoms with E-state index in [0.717, 1.165) is 31.7 Å². The number of nitrogens with two attached hydrogens (primary N) is 1. The molecule has 28 heavy (non-hydrogen) atoms. The fourth-order valence-corrected chi connectivity index (χ4v) is 3.86. The average molecular weight is 403 g/mol. The van der Waals surface area contributed by atoms with Crippen molar-refractivity contribution >= 4 is 33.1 Å². The summed E-state index contributed by atoms with van der Waals surface area (Å²) in [6.45, 7) is 1.75. The van der Waals surface area contributed by atoms with Crippen molar-refractivity contribution in [2.24, 2.45) is 11.1 Å². The van der Waals surface area contributed by atoms with Crippen molar-refractivity contribution in [3.63, 3.8) is 0 Å². The van der Waals surface area contributed by atoms with Gasteiger partial charge in [-0.1, -0.05) is 0 Å². The van der Waals surface area contributed by atoms with Crippen molar-refractivity contribution in [1.29, 1.82) is 0 Å². The molecule has 1 aliphatic heterocycles. The van der Waals surface area contributed by atoms with Gasteiger partial charge in [0.15, 0.2) is 0 Å². The number of hydrogen-bond acceptors (Lipinski definition) is 8. The van der Waals surface area contributed by atoms with Gasteiger partial charge in [0.2, 0.25) is 10.0 Å². The number of piperidine rings is 1. The van der Waals surface area contributed by atoms with Gasteiger partial charge >= 0.3 is 0 Å². The Labute approximate surface area is 162 Å². The molecule has 148 valence electrons. The monoisotopic (exact) mass is 403 g/mol. The lowest BCUT2D eigenvalue weighted by Crippen LogP contribution is -2.37. The lowest BCUT2D eigenvalue weighted by molar-refractivity contribution is 0.208. The molecule has 0 saturated carbocycles. The Morgan fingerprint density at radius 1 is 1.29 bits per heavy atom. The first kappa shape index (κ1) is 18.6. The zero-order valence-corrected chi connectivity index (χ0v) is 15.9. The fraction of sp³-hybridized carbons (Fsp3) is 0.353. The zero-order chi connectivity index (χ0) is 19.7. The van der Waals surface area contributed by atoms with Crippen molar-refractivity contribution in [3.05, 3.63) is 36.7 Å². The third kappa shape index (κ3) is 3.77. The van der Waals surface area contributed by atoms with Gasteiger partial charge in [-0.05, 0) is 43.0 Å². The Kier molecular flexibility index (Phi) is 4.87. The fourth-order valence-electron chi connectivity index (χ4n) is 3.35. The first-order valence-corrected chi connectivity index (χ1v) is 10.4. The first-order chi connectivity index (χ1) is 13.4. The van der Waals surface area contributed by atoms with Crippen LogP contribution in [0.15, 0.2) is 41.6 Å². The molecule has 3 aromatic rings. The molecule has 1 atom stereocenters. The van der Waals surface area contributed by atoms with Gasteiger partial charge in [-0.2, -0.15) is 19.6 Å². The van der Waals surface area contributed by atoms with Gasteiger partial charge < -0.3 is 15.3 Å². The summed E-state index contributed by atoms with van der Waals surface area (Å²) >= 11 is 0. The number of hydrogen-bond donors (Lipinski definition) is 3. The second-order valence-corrected chi connectivity index (χ2v) is 8.36. The summed E-state index contributed by atoms with van der Waals surface area (Å²) in [6, 6.07) is 8.01. The van der Waals surface area contributed by atoms with Gasteiger partial charge in [0.05, 0.1) is 4.90 Å². The van der Waals surface area contributed by atoms with Gasteiger partial charge in [0.1, 0.15) is 18.0 Å². The summed E-state index contributed by atoms with van der Waals surface area (Å²) in [5.41, 5.74) is 0.674. The molecule has 1 aromatic carbocycles. The number of aliphatic hydroxyl groups excluding tert-OH is 1. The number of fused-ring (bicyclic) bond motifs is 1. The Morgan fingerprint density at radius 3 is 2.79 bits per heavy atom. The molecule has 1 saturated heterocycles. The van der Waals surface area contributed by atoms with Crippen molar-refractivity contribution in [2.45, 2.75) is 17.7 Å². The highest BCUT2D eigenvalue weighted by Crippen LogP contribution is 2.26. The summed E-state index contributed by atoms with van der Waals surface area (Å²) in [4.78, 5) is 10.9. The van der Waals surface area contributed by atoms with E-state index in [4.69, 9.17) is 5.14 Å². The molecular formula is C17H21N7O3S. The number of anilines is 3. The van der Waals surface area contributed by atoms with Gasteiger partial charge in [-0.3, -0.25) is 0 Å². The van der Waals surface area contributed by atoms with E-state index in [1.165, 1.54) is 18.5 Å². The number of benzene rings is 1. The smallest absolute Gasteiger partial charge is 0.256 e. The van der Waals surface area contributed by atoms with Crippen LogP contribution < -0.4 is 15.4 Å². The molecule has 0 spiro atoms. The molecule has 1 fully saturated rings. The Hall–Kier alpha value is -2.76. The van der Waals surface area contributed by atoms with Gasteiger partial charge in [-0.15, -0.1) is 0 Å². The Morgan fingerprint density at radius 2 is 2.07 bits per heavy atom. The van der Waals surface area contributed by atoms with Crippen LogP contribution in [0.4, 0.5) is 17.3 Å². The number of nitrogens with zero attached hydrogens (tertiary/aromatic N) is 5. The van der Waals surface area contributed by atoms with Crippen LogP contribution in [-0.4, -0.2) is 52.8 Å². The number of aromatic nitrogens is 4. The van der Waals surface area contributed by atoms with E-state index in [9.17, 15) is 13.5 Å². The topological polar surface area (TPSA) is 139 Å². The predicted octanol–water partition coefficient (Wildman–Crippen LogP) is 0.724. The number of primary sulfonamides is 1. The normalized spacial score (nSPS) is 17.8. The van der Waals surface area contributed by atoms with Crippen molar-refractivity contribution in [2.75, 3.05) is 29.9 Å². The molecular weight excluding hydrogens is 382 g/mol. The van der Waals surface area contributed by atoms with Gasteiger partial charge in [0, 0.05) is 31.5 Å². The molecule has 0 aliphatic carbocycles. The number of aliphatic hydroxyl groups is 1. The van der Waals surface area contributed by atoms with E-state index < -0.39 is 10.0 Å². The molecule has 4 N–H and O–H groups in total. The minimum Gasteiger partial charge on any atom is -0.396 e. The second kappa shape index (κ2) is 7.34. The molecule has 11 heteroatoms. The zero-order valence-electron chi connectivity index (χ0n) is 15.1. The highest BCUT2D eigenvalue weighted by atomic mass is 32.2. The van der Waals surface area contributed by atoms with Crippen LogP contribution in [-0.2, 0) is 10.0 Å². The standard InChI is InChI=1S/C17H21N7O3S/c18-28(26,27)14-5-3-13(4-6-14)21-16-8-15(22-17-19-11-20-24(16)17)23-7-1-2-12(9-23)10-25/h3-6,8,11-12,21,25H,1-2,7,9-10H2,(H2,18,26,27). The minimum absolute atomic E-state index is 0.0442. The molecule has 1 aliphatic rings. The lowest BCUT2D eigenvalue weighted by atomic mass is 9.99. The quantitative estimate of drug-likeness (QED) is 0.566. The van der Waals surface area contributed by atoms with E-state index in [-0.39, 0.29) is 17.4 Å². The van der Waals surface area contributed by atoms with Crippen molar-refractivity contribution in [3.8, 4) is 0 Å². The van der Waals surface area contributed by atoms with E-state index in [1.54, 1.807) is 16.6 Å². The summed E-state index contributed by atoms with van der Waals surface area (Å²) < 4.78 is 24.4. The maximum Gasteiger partial charge on any atom is 0.256 e. The van der Waals surface area contributed by atoms with Crippen LogP contribution in [0.25, 0.3) is 5.78 Å². The largest absolute Gasteiger partial charge is 0.396 e. The van der Waals surface area contributed by atoms with Crippen LogP contribution in [0.2, 0.25) is 0 Å². The van der Waals surface area contributed by atoms with E-state index >= 15 is 0 Å². The van der Waals surface area contributed by atoms with E-state index in [2.05, 4.69) is 25.3 Å². The number of sulfonamides is 1. The van der Waals surface area contributed by atoms with Crippen molar-refractivity contribution < 1.29 is 13.5 Å². The summed E-state index contributed by atoms with van der Waals surface area (Å²) in [6.07, 6.45) is 3.42. The molecule has 0 radical (unpaired) electrons. The molecule has 0 bridgehead atoms. The third-order valence-electron chi connectivity index (χ3n) is 4.79. The van der Waals surface area contributed by atoms with Crippen LogP contribution in [0.1, 0.15) is 12.8 Å². The number of nitrogens with one attached hydrogen (secondary N) is 1. The van der Waals surface area contributed by atoms with Gasteiger partial charge in [-0.25, -0.2) is 13.6 Å². The second-order valence-electron chi connectivity index (χ2n) is 6.80. The summed E-state index contributed by atoms with van der Waals surface area (Å²) in [5, 5.41) is 22.0. The van der Waals surface area contributed by atoms with Crippen LogP contribution in [0, 0.1) is 5.92 Å². The van der Waals surface area contributed by atoms with Crippen LogP contribution in [0.3, 0.4) is 0 Å².